The van der Waals surface area contributed by atoms with E-state index in [0.29, 0.717) is 45.9 Å². The molecule has 1 heterocycles. The number of hydrogen-bond donors (Lipinski definition) is 2. The maximum absolute atomic E-state index is 11.1. The number of carboxylic acids is 2. The smallest absolute Gasteiger partial charge is 0.317 e. The monoisotopic (exact) mass is 358 g/mol. The number of hydrogen-bond acceptors (Lipinski definition) is 8. The molecule has 0 bridgehead atoms. The Labute approximate surface area is 146 Å². The van der Waals surface area contributed by atoms with Crippen molar-refractivity contribution in [1.82, 2.24) is 19.6 Å². The van der Waals surface area contributed by atoms with Crippen LogP contribution in [0.3, 0.4) is 0 Å². The molecule has 1 aliphatic heterocycles. The van der Waals surface area contributed by atoms with Gasteiger partial charge in [-0.15, -0.1) is 0 Å². The van der Waals surface area contributed by atoms with Crippen molar-refractivity contribution in [1.29, 1.82) is 0 Å². The molecule has 0 unspecified atom stereocenters. The summed E-state index contributed by atoms with van der Waals surface area (Å²) >= 11 is 0. The van der Waals surface area contributed by atoms with E-state index in [2.05, 4.69) is 0 Å². The van der Waals surface area contributed by atoms with Crippen LogP contribution >= 0.6 is 0 Å². The molecule has 1 aliphatic rings. The lowest BCUT2D eigenvalue weighted by Gasteiger charge is -2.29. The fourth-order valence-corrected chi connectivity index (χ4v) is 2.71. The third-order valence-electron chi connectivity index (χ3n) is 3.98. The van der Waals surface area contributed by atoms with Crippen LogP contribution in [-0.4, -0.2) is 126 Å². The molecule has 1 fully saturated rings. The first-order chi connectivity index (χ1) is 11.9. The second-order valence-corrected chi connectivity index (χ2v) is 5.97. The Morgan fingerprint density at radius 2 is 1.08 bits per heavy atom. The number of rotatable bonds is 8. The van der Waals surface area contributed by atoms with Crippen LogP contribution < -0.4 is 0 Å². The van der Waals surface area contributed by atoms with Gasteiger partial charge in [-0.2, -0.15) is 0 Å². The van der Waals surface area contributed by atoms with E-state index in [1.807, 2.05) is 4.90 Å². The molecule has 10 heteroatoms. The van der Waals surface area contributed by atoms with E-state index >= 15 is 0 Å². The van der Waals surface area contributed by atoms with Crippen LogP contribution in [0.25, 0.3) is 0 Å². The molecule has 2 N–H and O–H groups in total. The Morgan fingerprint density at radius 3 is 1.60 bits per heavy atom. The molecule has 10 nitrogen and oxygen atoms in total. The summed E-state index contributed by atoms with van der Waals surface area (Å²) in [5.41, 5.74) is 0. The van der Waals surface area contributed by atoms with E-state index in [4.69, 9.17) is 10.2 Å². The van der Waals surface area contributed by atoms with Crippen molar-refractivity contribution in [3.05, 3.63) is 0 Å². The van der Waals surface area contributed by atoms with Gasteiger partial charge in [0.05, 0.1) is 32.8 Å². The van der Waals surface area contributed by atoms with Gasteiger partial charge in [0.1, 0.15) is 12.6 Å². The zero-order valence-electron chi connectivity index (χ0n) is 14.2. The van der Waals surface area contributed by atoms with Gasteiger partial charge >= 0.3 is 11.9 Å². The molecule has 1 rings (SSSR count). The Kier molecular flexibility index (Phi) is 9.85. The number of aliphatic carboxylic acids is 2. The molecular formula is C15H26N4O6. The highest BCUT2D eigenvalue weighted by Gasteiger charge is 2.20. The molecule has 25 heavy (non-hydrogen) atoms. The van der Waals surface area contributed by atoms with Crippen LogP contribution in [0, 0.1) is 0 Å². The van der Waals surface area contributed by atoms with Crippen molar-refractivity contribution >= 4 is 24.5 Å². The van der Waals surface area contributed by atoms with E-state index in [1.54, 1.807) is 14.7 Å². The van der Waals surface area contributed by atoms with Crippen molar-refractivity contribution < 1.29 is 29.4 Å². The van der Waals surface area contributed by atoms with Crippen LogP contribution in [0.1, 0.15) is 0 Å². The van der Waals surface area contributed by atoms with Gasteiger partial charge in [-0.1, -0.05) is 0 Å². The van der Waals surface area contributed by atoms with Crippen molar-refractivity contribution in [2.45, 2.75) is 0 Å². The van der Waals surface area contributed by atoms with Crippen LogP contribution in [0.5, 0.6) is 0 Å². The van der Waals surface area contributed by atoms with Gasteiger partial charge in [-0.05, 0) is 0 Å². The predicted octanol–water partition coefficient (Wildman–Crippen LogP) is -2.27. The summed E-state index contributed by atoms with van der Waals surface area (Å²) in [6.45, 7) is 3.18. The third-order valence-corrected chi connectivity index (χ3v) is 3.98. The summed E-state index contributed by atoms with van der Waals surface area (Å²) in [4.78, 5) is 50.9. The highest BCUT2D eigenvalue weighted by molar-refractivity contribution is 5.69. The molecule has 0 spiro atoms. The molecule has 0 atom stereocenters. The summed E-state index contributed by atoms with van der Waals surface area (Å²) in [5, 5.41) is 18.1. The summed E-state index contributed by atoms with van der Waals surface area (Å²) in [6.07, 6.45) is 1.53. The molecule has 0 aromatic rings. The van der Waals surface area contributed by atoms with Crippen molar-refractivity contribution in [3.8, 4) is 0 Å². The predicted molar refractivity (Wildman–Crippen MR) is 88.3 cm³/mol. The number of aldehydes is 2. The fourth-order valence-electron chi connectivity index (χ4n) is 2.71. The van der Waals surface area contributed by atoms with E-state index in [1.165, 1.54) is 0 Å². The largest absolute Gasteiger partial charge is 0.480 e. The normalized spacial score (nSPS) is 19.8. The first kappa shape index (κ1) is 21.2. The molecule has 142 valence electrons. The van der Waals surface area contributed by atoms with Gasteiger partial charge < -0.3 is 19.8 Å². The van der Waals surface area contributed by atoms with E-state index < -0.39 is 11.9 Å². The Morgan fingerprint density at radius 1 is 0.680 bits per heavy atom. The molecule has 0 radical (unpaired) electrons. The Bertz CT molecular complexity index is 461. The summed E-state index contributed by atoms with van der Waals surface area (Å²) in [5.74, 6) is -1.90. The van der Waals surface area contributed by atoms with Crippen molar-refractivity contribution in [3.63, 3.8) is 0 Å². The lowest BCUT2D eigenvalue weighted by Crippen LogP contribution is -2.45. The molecule has 0 saturated carbocycles. The minimum absolute atomic E-state index is 0.122. The summed E-state index contributed by atoms with van der Waals surface area (Å²) in [7, 11) is 0. The zero-order valence-corrected chi connectivity index (χ0v) is 14.2. The molecular weight excluding hydrogens is 332 g/mol. The summed E-state index contributed by atoms with van der Waals surface area (Å²) in [6, 6.07) is 0. The van der Waals surface area contributed by atoms with Crippen molar-refractivity contribution in [2.24, 2.45) is 0 Å². The first-order valence-corrected chi connectivity index (χ1v) is 8.15. The van der Waals surface area contributed by atoms with E-state index in [0.717, 1.165) is 12.6 Å². The maximum Gasteiger partial charge on any atom is 0.317 e. The SMILES string of the molecule is O=CCN1CCN(CC(=O)O)CCN(CC=O)CN(CC(=O)O)CC1. The number of carbonyl (C=O) groups is 4. The highest BCUT2D eigenvalue weighted by Crippen LogP contribution is 2.01. The van der Waals surface area contributed by atoms with Gasteiger partial charge in [0, 0.05) is 39.3 Å². The van der Waals surface area contributed by atoms with E-state index in [9.17, 15) is 19.2 Å². The van der Waals surface area contributed by atoms with Crippen molar-refractivity contribution in [2.75, 3.05) is 72.1 Å². The average molecular weight is 358 g/mol. The van der Waals surface area contributed by atoms with Gasteiger partial charge in [0.25, 0.3) is 0 Å². The lowest BCUT2D eigenvalue weighted by molar-refractivity contribution is -0.140. The van der Waals surface area contributed by atoms with E-state index in [-0.39, 0.29) is 26.2 Å². The van der Waals surface area contributed by atoms with Crippen LogP contribution in [0.4, 0.5) is 0 Å². The number of carbonyl (C=O) groups excluding carboxylic acids is 2. The molecule has 0 aliphatic carbocycles. The zero-order chi connectivity index (χ0) is 18.7. The summed E-state index contributed by atoms with van der Waals surface area (Å²) < 4.78 is 0. The first-order valence-electron chi connectivity index (χ1n) is 8.15. The Balaban J connectivity index is 2.86. The van der Waals surface area contributed by atoms with Gasteiger partial charge in [0.2, 0.25) is 0 Å². The van der Waals surface area contributed by atoms with Gasteiger partial charge in [-0.25, -0.2) is 0 Å². The van der Waals surface area contributed by atoms with Crippen LogP contribution in [-0.2, 0) is 19.2 Å². The van der Waals surface area contributed by atoms with Crippen LogP contribution in [0.2, 0.25) is 0 Å². The number of nitrogens with zero attached hydrogens (tertiary/aromatic N) is 4. The average Bonchev–Trinajstić information content (AvgIpc) is 2.55. The molecule has 0 aromatic carbocycles. The minimum atomic E-state index is -0.963. The lowest BCUT2D eigenvalue weighted by atomic mass is 10.3. The standard InChI is InChI=1S/C15H26N4O6/c20-9-7-16-1-3-17(11-14(22)23)4-5-18(8-10-21)13-19(6-2-16)12-15(24)25/h9-10H,1-8,11-13H2,(H,22,23)(H,24,25). The molecule has 1 saturated heterocycles. The minimum Gasteiger partial charge on any atom is -0.480 e. The number of carboxylic acid groups (broad SMARTS) is 2. The fraction of sp³-hybridized carbons (Fsp3) is 0.733. The topological polar surface area (TPSA) is 122 Å². The molecule has 0 amide bonds. The van der Waals surface area contributed by atoms with Gasteiger partial charge in [0.15, 0.2) is 0 Å². The third kappa shape index (κ3) is 9.25. The second kappa shape index (κ2) is 11.6. The Hall–Kier alpha value is -1.88. The van der Waals surface area contributed by atoms with Gasteiger partial charge in [-0.3, -0.25) is 29.2 Å². The highest BCUT2D eigenvalue weighted by atomic mass is 16.4. The quantitative estimate of drug-likeness (QED) is 0.459. The maximum atomic E-state index is 11.1. The second-order valence-electron chi connectivity index (χ2n) is 5.97. The molecule has 0 aromatic heterocycles. The van der Waals surface area contributed by atoms with Crippen LogP contribution in [0.15, 0.2) is 0 Å².